The van der Waals surface area contributed by atoms with Crippen molar-refractivity contribution in [1.82, 2.24) is 9.80 Å². The number of carbonyl (C=O) groups is 2. The number of benzene rings is 2. The van der Waals surface area contributed by atoms with Gasteiger partial charge in [-0.3, -0.25) is 9.59 Å². The van der Waals surface area contributed by atoms with E-state index in [0.29, 0.717) is 31.0 Å². The van der Waals surface area contributed by atoms with E-state index in [-0.39, 0.29) is 16.9 Å². The quantitative estimate of drug-likeness (QED) is 0.321. The number of methoxy groups -OCH3 is 1. The number of Topliss-reactive ketones (excluding diaryl/α,β-unsaturated/α-hetero) is 1. The highest BCUT2D eigenvalue weighted by atomic mass is 19.1. The molecular weight excluding hydrogens is 439 g/mol. The van der Waals surface area contributed by atoms with E-state index in [2.05, 4.69) is 4.90 Å². The number of ketones is 1. The molecule has 1 N–H and O–H groups in total. The van der Waals surface area contributed by atoms with E-state index < -0.39 is 29.3 Å². The largest absolute Gasteiger partial charge is 0.507 e. The molecule has 1 atom stereocenters. The molecule has 34 heavy (non-hydrogen) atoms. The zero-order valence-corrected chi connectivity index (χ0v) is 20.0. The summed E-state index contributed by atoms with van der Waals surface area (Å²) in [5, 5.41) is 11.1. The van der Waals surface area contributed by atoms with Crippen molar-refractivity contribution in [3.05, 3.63) is 65.0 Å². The van der Waals surface area contributed by atoms with Crippen molar-refractivity contribution in [1.29, 1.82) is 0 Å². The van der Waals surface area contributed by atoms with E-state index in [1.807, 2.05) is 20.8 Å². The van der Waals surface area contributed by atoms with E-state index >= 15 is 0 Å². The summed E-state index contributed by atoms with van der Waals surface area (Å²) < 4.78 is 24.8. The Balaban J connectivity index is 2.09. The van der Waals surface area contributed by atoms with Gasteiger partial charge >= 0.3 is 0 Å². The summed E-state index contributed by atoms with van der Waals surface area (Å²) in [6, 6.07) is 10.2. The Kier molecular flexibility index (Phi) is 8.28. The lowest BCUT2D eigenvalue weighted by Crippen LogP contribution is -2.38. The smallest absolute Gasteiger partial charge is 0.295 e. The average Bonchev–Trinajstić information content (AvgIpc) is 3.10. The molecule has 0 radical (unpaired) electrons. The molecule has 1 fully saturated rings. The standard InChI is InChI=1S/C26H31FN2O5/c1-5-28(6-2)14-15-29-23(17-8-11-19(12-9-17)34-7-3)22(25(31)26(29)32)24(30)18-10-13-21(33-4)20(27)16-18/h8-13,16,23,30H,5-7,14-15H2,1-4H3/t23-/m0/s1. The number of nitrogens with zero attached hydrogens (tertiary/aromatic N) is 2. The molecule has 3 rings (SSSR count). The first-order chi connectivity index (χ1) is 16.4. The summed E-state index contributed by atoms with van der Waals surface area (Å²) in [7, 11) is 1.34. The summed E-state index contributed by atoms with van der Waals surface area (Å²) in [6.45, 7) is 8.93. The lowest BCUT2D eigenvalue weighted by molar-refractivity contribution is -0.140. The van der Waals surface area contributed by atoms with E-state index in [4.69, 9.17) is 9.47 Å². The Morgan fingerprint density at radius 2 is 1.76 bits per heavy atom. The van der Waals surface area contributed by atoms with Gasteiger partial charge in [-0.25, -0.2) is 4.39 Å². The first-order valence-corrected chi connectivity index (χ1v) is 11.4. The van der Waals surface area contributed by atoms with Crippen LogP contribution in [0.4, 0.5) is 4.39 Å². The highest BCUT2D eigenvalue weighted by Gasteiger charge is 2.46. The Labute approximate surface area is 199 Å². The monoisotopic (exact) mass is 470 g/mol. The number of aliphatic hydroxyl groups is 1. The first-order valence-electron chi connectivity index (χ1n) is 11.4. The van der Waals surface area contributed by atoms with Crippen molar-refractivity contribution < 1.29 is 28.6 Å². The SMILES string of the molecule is CCOc1ccc([C@H]2C(=C(O)c3ccc(OC)c(F)c3)C(=O)C(=O)N2CCN(CC)CC)cc1. The number of hydrogen-bond donors (Lipinski definition) is 1. The molecule has 1 amide bonds. The summed E-state index contributed by atoms with van der Waals surface area (Å²) >= 11 is 0. The fourth-order valence-electron chi connectivity index (χ4n) is 4.13. The minimum atomic E-state index is -0.809. The van der Waals surface area contributed by atoms with Gasteiger partial charge < -0.3 is 24.4 Å². The minimum absolute atomic E-state index is 0.0132. The van der Waals surface area contributed by atoms with E-state index in [0.717, 1.165) is 19.2 Å². The molecule has 8 heteroatoms. The molecule has 7 nitrogen and oxygen atoms in total. The molecule has 1 aliphatic rings. The van der Waals surface area contributed by atoms with Crippen molar-refractivity contribution >= 4 is 17.4 Å². The van der Waals surface area contributed by atoms with Crippen LogP contribution in [-0.2, 0) is 9.59 Å². The van der Waals surface area contributed by atoms with Gasteiger partial charge in [0, 0.05) is 18.7 Å². The van der Waals surface area contributed by atoms with Gasteiger partial charge in [0.2, 0.25) is 0 Å². The predicted molar refractivity (Wildman–Crippen MR) is 127 cm³/mol. The average molecular weight is 471 g/mol. The maximum absolute atomic E-state index is 14.3. The van der Waals surface area contributed by atoms with E-state index in [1.165, 1.54) is 24.1 Å². The van der Waals surface area contributed by atoms with Crippen molar-refractivity contribution in [3.63, 3.8) is 0 Å². The third-order valence-corrected chi connectivity index (χ3v) is 6.02. The van der Waals surface area contributed by atoms with Gasteiger partial charge in [-0.1, -0.05) is 26.0 Å². The zero-order chi connectivity index (χ0) is 24.8. The minimum Gasteiger partial charge on any atom is -0.507 e. The van der Waals surface area contributed by atoms with Crippen LogP contribution in [0.3, 0.4) is 0 Å². The van der Waals surface area contributed by atoms with Crippen LogP contribution >= 0.6 is 0 Å². The fraction of sp³-hybridized carbons (Fsp3) is 0.385. The van der Waals surface area contributed by atoms with E-state index in [9.17, 15) is 19.1 Å². The second-order valence-corrected chi connectivity index (χ2v) is 7.87. The molecule has 1 heterocycles. The highest BCUT2D eigenvalue weighted by molar-refractivity contribution is 6.46. The molecule has 1 saturated heterocycles. The molecule has 0 unspecified atom stereocenters. The molecule has 1 aliphatic heterocycles. The summed E-state index contributed by atoms with van der Waals surface area (Å²) in [5.41, 5.74) is 0.673. The fourth-order valence-corrected chi connectivity index (χ4v) is 4.13. The molecule has 0 bridgehead atoms. The molecule has 0 saturated carbocycles. The lowest BCUT2D eigenvalue weighted by atomic mass is 9.95. The van der Waals surface area contributed by atoms with Crippen LogP contribution in [0, 0.1) is 5.82 Å². The summed E-state index contributed by atoms with van der Waals surface area (Å²) in [5.74, 6) is -1.93. The van der Waals surface area contributed by atoms with Crippen LogP contribution < -0.4 is 9.47 Å². The number of likely N-dealkylation sites (N-methyl/N-ethyl adjacent to an activating group) is 1. The van der Waals surface area contributed by atoms with Gasteiger partial charge in [-0.15, -0.1) is 0 Å². The van der Waals surface area contributed by atoms with Crippen LogP contribution in [0.2, 0.25) is 0 Å². The third kappa shape index (κ3) is 5.07. The summed E-state index contributed by atoms with van der Waals surface area (Å²) in [6.07, 6.45) is 0. The molecule has 0 aromatic heterocycles. The number of likely N-dealkylation sites (tertiary alicyclic amines) is 1. The Bertz CT molecular complexity index is 1060. The first kappa shape index (κ1) is 25.2. The maximum atomic E-state index is 14.3. The Morgan fingerprint density at radius 3 is 2.32 bits per heavy atom. The Hall–Kier alpha value is -3.39. The number of ether oxygens (including phenoxy) is 2. The van der Waals surface area contributed by atoms with Crippen molar-refractivity contribution in [2.75, 3.05) is 39.9 Å². The van der Waals surface area contributed by atoms with Crippen LogP contribution in [0.15, 0.2) is 48.0 Å². The maximum Gasteiger partial charge on any atom is 0.295 e. The lowest BCUT2D eigenvalue weighted by Gasteiger charge is -2.28. The third-order valence-electron chi connectivity index (χ3n) is 6.02. The number of carbonyl (C=O) groups excluding carboxylic acids is 2. The summed E-state index contributed by atoms with van der Waals surface area (Å²) in [4.78, 5) is 29.8. The molecule has 2 aromatic rings. The van der Waals surface area contributed by atoms with Crippen LogP contribution in [0.1, 0.15) is 37.9 Å². The second-order valence-electron chi connectivity index (χ2n) is 7.87. The Morgan fingerprint density at radius 1 is 1.09 bits per heavy atom. The van der Waals surface area contributed by atoms with Gasteiger partial charge in [0.05, 0.1) is 25.3 Å². The topological polar surface area (TPSA) is 79.3 Å². The van der Waals surface area contributed by atoms with Gasteiger partial charge in [-0.05, 0) is 55.9 Å². The van der Waals surface area contributed by atoms with Gasteiger partial charge in [0.1, 0.15) is 11.5 Å². The van der Waals surface area contributed by atoms with Crippen LogP contribution in [0.25, 0.3) is 5.76 Å². The van der Waals surface area contributed by atoms with E-state index in [1.54, 1.807) is 24.3 Å². The highest BCUT2D eigenvalue weighted by Crippen LogP contribution is 2.40. The van der Waals surface area contributed by atoms with Gasteiger partial charge in [-0.2, -0.15) is 0 Å². The molecule has 0 aliphatic carbocycles. The number of amides is 1. The second kappa shape index (κ2) is 11.2. The normalized spacial score (nSPS) is 17.5. The molecule has 2 aromatic carbocycles. The number of hydrogen-bond acceptors (Lipinski definition) is 6. The zero-order valence-electron chi connectivity index (χ0n) is 20.0. The number of aliphatic hydroxyl groups excluding tert-OH is 1. The number of halogens is 1. The van der Waals surface area contributed by atoms with Crippen LogP contribution in [-0.4, -0.2) is 66.5 Å². The van der Waals surface area contributed by atoms with Crippen molar-refractivity contribution in [3.8, 4) is 11.5 Å². The van der Waals surface area contributed by atoms with Crippen molar-refractivity contribution in [2.45, 2.75) is 26.8 Å². The molecule has 182 valence electrons. The predicted octanol–water partition coefficient (Wildman–Crippen LogP) is 4.00. The number of rotatable bonds is 10. The van der Waals surface area contributed by atoms with Crippen LogP contribution in [0.5, 0.6) is 11.5 Å². The van der Waals surface area contributed by atoms with Crippen molar-refractivity contribution in [2.24, 2.45) is 0 Å². The molecular formula is C26H31FN2O5. The molecule has 0 spiro atoms. The van der Waals surface area contributed by atoms with Gasteiger partial charge in [0.15, 0.2) is 11.6 Å². The van der Waals surface area contributed by atoms with Gasteiger partial charge in [0.25, 0.3) is 11.7 Å².